The number of halogens is 6. The third kappa shape index (κ3) is 3.22. The molecule has 1 amide bonds. The van der Waals surface area contributed by atoms with E-state index in [0.29, 0.717) is 5.75 Å². The zero-order chi connectivity index (χ0) is 16.5. The van der Waals surface area contributed by atoms with Gasteiger partial charge in [-0.05, 0) is 31.2 Å². The predicted octanol–water partition coefficient (Wildman–Crippen LogP) is 3.76. The molecule has 0 saturated carbocycles. The van der Waals surface area contributed by atoms with Gasteiger partial charge in [-0.2, -0.15) is 26.3 Å². The van der Waals surface area contributed by atoms with Crippen LogP contribution < -0.4 is 10.1 Å². The van der Waals surface area contributed by atoms with Crippen LogP contribution in [0, 0.1) is 5.41 Å². The van der Waals surface area contributed by atoms with E-state index in [-0.39, 0.29) is 12.6 Å². The first-order valence-corrected chi connectivity index (χ1v) is 5.52. The topological polar surface area (TPSA) is 38.3 Å². The molecule has 1 rings (SSSR count). The normalized spacial score (nSPS) is 13.0. The fourth-order valence-electron chi connectivity index (χ4n) is 1.35. The average Bonchev–Trinajstić information content (AvgIpc) is 2.35. The monoisotopic (exact) mass is 315 g/mol. The molecule has 1 aromatic rings. The Morgan fingerprint density at radius 2 is 1.43 bits per heavy atom. The summed E-state index contributed by atoms with van der Waals surface area (Å²) >= 11 is 0. The highest BCUT2D eigenvalue weighted by Gasteiger charge is 2.72. The Morgan fingerprint density at radius 1 is 1.00 bits per heavy atom. The van der Waals surface area contributed by atoms with Crippen LogP contribution in [0.1, 0.15) is 6.92 Å². The number of ether oxygens (including phenoxy) is 1. The lowest BCUT2D eigenvalue weighted by Gasteiger charge is -2.32. The molecule has 0 aromatic heterocycles. The van der Waals surface area contributed by atoms with Gasteiger partial charge in [0.15, 0.2) is 0 Å². The first-order chi connectivity index (χ1) is 9.43. The first kappa shape index (κ1) is 17.1. The molecule has 3 nitrogen and oxygen atoms in total. The number of hydrogen-bond acceptors (Lipinski definition) is 2. The second-order valence-corrected chi connectivity index (χ2v) is 4.30. The fourth-order valence-corrected chi connectivity index (χ4v) is 1.35. The minimum absolute atomic E-state index is 0.203. The van der Waals surface area contributed by atoms with Crippen LogP contribution >= 0.6 is 0 Å². The highest BCUT2D eigenvalue weighted by atomic mass is 19.4. The molecule has 1 aromatic carbocycles. The Kier molecular flexibility index (Phi) is 4.45. The van der Waals surface area contributed by atoms with E-state index in [1.54, 1.807) is 5.32 Å². The SMILES string of the molecule is COc1ccc(NC(=O)C(C)(C(F)(F)F)C(F)(F)F)cc1. The average molecular weight is 315 g/mol. The van der Waals surface area contributed by atoms with Gasteiger partial charge in [0, 0.05) is 5.69 Å². The van der Waals surface area contributed by atoms with E-state index in [1.807, 2.05) is 0 Å². The van der Waals surface area contributed by atoms with E-state index in [2.05, 4.69) is 0 Å². The lowest BCUT2D eigenvalue weighted by atomic mass is 9.87. The maximum Gasteiger partial charge on any atom is 0.411 e. The summed E-state index contributed by atoms with van der Waals surface area (Å²) in [5.74, 6) is -1.87. The summed E-state index contributed by atoms with van der Waals surface area (Å²) in [6, 6.07) is 4.83. The number of carbonyl (C=O) groups excluding carboxylic acids is 1. The molecular formula is C12H11F6NO2. The molecule has 0 bridgehead atoms. The van der Waals surface area contributed by atoms with Gasteiger partial charge in [-0.25, -0.2) is 0 Å². The second kappa shape index (κ2) is 5.45. The molecule has 1 N–H and O–H groups in total. The highest BCUT2D eigenvalue weighted by Crippen LogP contribution is 2.50. The smallest absolute Gasteiger partial charge is 0.411 e. The minimum Gasteiger partial charge on any atom is -0.497 e. The van der Waals surface area contributed by atoms with Gasteiger partial charge in [-0.1, -0.05) is 0 Å². The zero-order valence-corrected chi connectivity index (χ0v) is 10.9. The van der Waals surface area contributed by atoms with Crippen molar-refractivity contribution in [1.29, 1.82) is 0 Å². The van der Waals surface area contributed by atoms with Crippen LogP contribution in [-0.4, -0.2) is 25.4 Å². The number of methoxy groups -OCH3 is 1. The Bertz CT molecular complexity index is 492. The van der Waals surface area contributed by atoms with Crippen molar-refractivity contribution in [2.45, 2.75) is 19.3 Å². The quantitative estimate of drug-likeness (QED) is 0.863. The molecular weight excluding hydrogens is 304 g/mol. The van der Waals surface area contributed by atoms with Crippen LogP contribution in [0.25, 0.3) is 0 Å². The van der Waals surface area contributed by atoms with E-state index in [4.69, 9.17) is 4.74 Å². The Labute approximate surface area is 115 Å². The van der Waals surface area contributed by atoms with Crippen molar-refractivity contribution in [3.8, 4) is 5.75 Å². The van der Waals surface area contributed by atoms with Crippen LogP contribution in [0.5, 0.6) is 5.75 Å². The van der Waals surface area contributed by atoms with Crippen molar-refractivity contribution < 1.29 is 35.9 Å². The van der Waals surface area contributed by atoms with Crippen molar-refractivity contribution in [2.75, 3.05) is 12.4 Å². The lowest BCUT2D eigenvalue weighted by molar-refractivity contribution is -0.317. The standard InChI is InChI=1S/C12H11F6NO2/c1-10(11(13,14)15,12(16,17)18)9(20)19-7-3-5-8(21-2)6-4-7/h3-6H,1-2H3,(H,19,20). The van der Waals surface area contributed by atoms with Gasteiger partial charge in [0.1, 0.15) is 5.75 Å². The van der Waals surface area contributed by atoms with Crippen LogP contribution in [-0.2, 0) is 4.79 Å². The van der Waals surface area contributed by atoms with E-state index in [9.17, 15) is 31.1 Å². The summed E-state index contributed by atoms with van der Waals surface area (Å²) in [5.41, 5.74) is -4.71. The maximum absolute atomic E-state index is 12.7. The predicted molar refractivity (Wildman–Crippen MR) is 61.8 cm³/mol. The number of rotatable bonds is 3. The Balaban J connectivity index is 3.08. The molecule has 0 radical (unpaired) electrons. The lowest BCUT2D eigenvalue weighted by Crippen LogP contribution is -2.55. The number of alkyl halides is 6. The number of benzene rings is 1. The van der Waals surface area contributed by atoms with Crippen LogP contribution in [0.2, 0.25) is 0 Å². The summed E-state index contributed by atoms with van der Waals surface area (Å²) in [7, 11) is 1.33. The van der Waals surface area contributed by atoms with Gasteiger partial charge in [0.2, 0.25) is 11.3 Å². The molecule has 21 heavy (non-hydrogen) atoms. The van der Waals surface area contributed by atoms with Gasteiger partial charge in [-0.15, -0.1) is 0 Å². The molecule has 0 saturated heterocycles. The third-order valence-electron chi connectivity index (χ3n) is 2.94. The molecule has 0 unspecified atom stereocenters. The van der Waals surface area contributed by atoms with Gasteiger partial charge in [0.05, 0.1) is 7.11 Å². The molecule has 0 atom stereocenters. The summed E-state index contributed by atoms with van der Waals surface area (Å²) < 4.78 is 80.8. The van der Waals surface area contributed by atoms with Crippen LogP contribution in [0.15, 0.2) is 24.3 Å². The Morgan fingerprint density at radius 3 is 1.76 bits per heavy atom. The van der Waals surface area contributed by atoms with Gasteiger partial charge >= 0.3 is 12.4 Å². The molecule has 0 heterocycles. The van der Waals surface area contributed by atoms with Crippen molar-refractivity contribution in [3.63, 3.8) is 0 Å². The molecule has 0 aliphatic heterocycles. The molecule has 0 fully saturated rings. The molecule has 0 aliphatic rings. The van der Waals surface area contributed by atoms with Gasteiger partial charge in [0.25, 0.3) is 0 Å². The number of amides is 1. The highest BCUT2D eigenvalue weighted by molar-refractivity contribution is 5.96. The van der Waals surface area contributed by atoms with Crippen molar-refractivity contribution in [2.24, 2.45) is 5.41 Å². The number of hydrogen-bond donors (Lipinski definition) is 1. The first-order valence-electron chi connectivity index (χ1n) is 5.52. The summed E-state index contributed by atoms with van der Waals surface area (Å²) in [5, 5.41) is 1.61. The number of anilines is 1. The number of carbonyl (C=O) groups is 1. The van der Waals surface area contributed by atoms with Crippen LogP contribution in [0.3, 0.4) is 0 Å². The van der Waals surface area contributed by atoms with Crippen LogP contribution in [0.4, 0.5) is 32.0 Å². The summed E-state index contributed by atoms with van der Waals surface area (Å²) in [6.07, 6.45) is -11.6. The number of nitrogens with one attached hydrogen (secondary N) is 1. The van der Waals surface area contributed by atoms with Crippen molar-refractivity contribution in [3.05, 3.63) is 24.3 Å². The zero-order valence-electron chi connectivity index (χ0n) is 10.9. The van der Waals surface area contributed by atoms with Crippen molar-refractivity contribution >= 4 is 11.6 Å². The maximum atomic E-state index is 12.7. The van der Waals surface area contributed by atoms with E-state index < -0.39 is 23.7 Å². The largest absolute Gasteiger partial charge is 0.497 e. The molecule has 118 valence electrons. The van der Waals surface area contributed by atoms with Gasteiger partial charge in [-0.3, -0.25) is 4.79 Å². The summed E-state index contributed by atoms with van der Waals surface area (Å²) in [6.45, 7) is -0.203. The van der Waals surface area contributed by atoms with E-state index >= 15 is 0 Å². The Hall–Kier alpha value is -1.93. The van der Waals surface area contributed by atoms with E-state index in [1.165, 1.54) is 19.2 Å². The van der Waals surface area contributed by atoms with Gasteiger partial charge < -0.3 is 10.1 Å². The third-order valence-corrected chi connectivity index (χ3v) is 2.94. The fraction of sp³-hybridized carbons (Fsp3) is 0.417. The minimum atomic E-state index is -5.78. The molecule has 9 heteroatoms. The second-order valence-electron chi connectivity index (χ2n) is 4.30. The molecule has 0 spiro atoms. The van der Waals surface area contributed by atoms with Crippen molar-refractivity contribution in [1.82, 2.24) is 0 Å². The summed E-state index contributed by atoms with van der Waals surface area (Å²) in [4.78, 5) is 11.5. The van der Waals surface area contributed by atoms with E-state index in [0.717, 1.165) is 12.1 Å². The molecule has 0 aliphatic carbocycles.